The highest BCUT2D eigenvalue weighted by molar-refractivity contribution is 5.67. The van der Waals surface area contributed by atoms with Gasteiger partial charge in [-0.25, -0.2) is 9.78 Å². The summed E-state index contributed by atoms with van der Waals surface area (Å²) in [5.41, 5.74) is 7.40. The molecule has 0 atom stereocenters. The van der Waals surface area contributed by atoms with Gasteiger partial charge in [0.15, 0.2) is 0 Å². The second kappa shape index (κ2) is 6.45. The van der Waals surface area contributed by atoms with Crippen LogP contribution in [0.3, 0.4) is 0 Å². The molecule has 6 heteroatoms. The molecule has 20 heavy (non-hydrogen) atoms. The largest absolute Gasteiger partial charge is 0.450 e. The summed E-state index contributed by atoms with van der Waals surface area (Å²) in [5.74, 6) is 0.869. The molecule has 1 saturated heterocycles. The fourth-order valence-corrected chi connectivity index (χ4v) is 2.36. The van der Waals surface area contributed by atoms with E-state index < -0.39 is 0 Å². The van der Waals surface area contributed by atoms with Gasteiger partial charge in [0.2, 0.25) is 0 Å². The highest BCUT2D eigenvalue weighted by Gasteiger charge is 2.23. The number of amides is 1. The molecule has 1 aromatic rings. The SMILES string of the molecule is CCOC(=O)N1CCC(Nc2ncc(N)cc2C)CC1. The van der Waals surface area contributed by atoms with Crippen LogP contribution in [0, 0.1) is 6.92 Å². The number of pyridine rings is 1. The molecule has 0 aliphatic carbocycles. The quantitative estimate of drug-likeness (QED) is 0.884. The number of aromatic nitrogens is 1. The summed E-state index contributed by atoms with van der Waals surface area (Å²) in [7, 11) is 0. The summed E-state index contributed by atoms with van der Waals surface area (Å²) in [4.78, 5) is 17.7. The lowest BCUT2D eigenvalue weighted by Crippen LogP contribution is -2.42. The van der Waals surface area contributed by atoms with Crippen molar-refractivity contribution >= 4 is 17.6 Å². The highest BCUT2D eigenvalue weighted by atomic mass is 16.6. The Balaban J connectivity index is 1.86. The maximum Gasteiger partial charge on any atom is 0.409 e. The molecule has 0 radical (unpaired) electrons. The summed E-state index contributed by atoms with van der Waals surface area (Å²) in [5, 5.41) is 3.42. The van der Waals surface area contributed by atoms with Gasteiger partial charge in [0.25, 0.3) is 0 Å². The van der Waals surface area contributed by atoms with E-state index in [4.69, 9.17) is 10.5 Å². The lowest BCUT2D eigenvalue weighted by atomic mass is 10.1. The van der Waals surface area contributed by atoms with E-state index in [-0.39, 0.29) is 6.09 Å². The fourth-order valence-electron chi connectivity index (χ4n) is 2.36. The molecule has 1 aliphatic rings. The van der Waals surface area contributed by atoms with Gasteiger partial charge in [-0.15, -0.1) is 0 Å². The highest BCUT2D eigenvalue weighted by Crippen LogP contribution is 2.19. The Morgan fingerprint density at radius 3 is 2.85 bits per heavy atom. The lowest BCUT2D eigenvalue weighted by Gasteiger charge is -2.32. The minimum absolute atomic E-state index is 0.215. The van der Waals surface area contributed by atoms with Crippen LogP contribution in [0.4, 0.5) is 16.3 Å². The monoisotopic (exact) mass is 278 g/mol. The summed E-state index contributed by atoms with van der Waals surface area (Å²) in [6.45, 7) is 5.65. The van der Waals surface area contributed by atoms with Crippen molar-refractivity contribution in [3.63, 3.8) is 0 Å². The Hall–Kier alpha value is -1.98. The number of piperidine rings is 1. The maximum absolute atomic E-state index is 11.6. The molecule has 1 aromatic heterocycles. The van der Waals surface area contributed by atoms with Crippen molar-refractivity contribution in [1.82, 2.24) is 9.88 Å². The molecule has 1 amide bonds. The molecule has 3 N–H and O–H groups in total. The Labute approximate surface area is 119 Å². The molecule has 2 rings (SSSR count). The minimum Gasteiger partial charge on any atom is -0.450 e. The number of nitrogens with one attached hydrogen (secondary N) is 1. The van der Waals surface area contributed by atoms with Gasteiger partial charge >= 0.3 is 6.09 Å². The molecule has 110 valence electrons. The van der Waals surface area contributed by atoms with Crippen molar-refractivity contribution in [2.45, 2.75) is 32.7 Å². The zero-order chi connectivity index (χ0) is 14.5. The molecule has 1 aliphatic heterocycles. The topological polar surface area (TPSA) is 80.5 Å². The third kappa shape index (κ3) is 3.53. The van der Waals surface area contributed by atoms with E-state index in [1.54, 1.807) is 11.1 Å². The standard InChI is InChI=1S/C14H22N4O2/c1-3-20-14(19)18-6-4-12(5-7-18)17-13-10(2)8-11(15)9-16-13/h8-9,12H,3-7,15H2,1-2H3,(H,16,17). The van der Waals surface area contributed by atoms with Crippen LogP contribution in [0.25, 0.3) is 0 Å². The Bertz CT molecular complexity index is 470. The van der Waals surface area contributed by atoms with E-state index in [0.29, 0.717) is 31.4 Å². The molecule has 1 fully saturated rings. The summed E-state index contributed by atoms with van der Waals surface area (Å²) >= 11 is 0. The van der Waals surface area contributed by atoms with Crippen LogP contribution in [-0.2, 0) is 4.74 Å². The van der Waals surface area contributed by atoms with Gasteiger partial charge in [-0.3, -0.25) is 0 Å². The second-order valence-corrected chi connectivity index (χ2v) is 5.04. The van der Waals surface area contributed by atoms with Gasteiger partial charge in [-0.05, 0) is 38.3 Å². The first kappa shape index (κ1) is 14.4. The molecular formula is C14H22N4O2. The van der Waals surface area contributed by atoms with E-state index in [9.17, 15) is 4.79 Å². The molecule has 2 heterocycles. The van der Waals surface area contributed by atoms with E-state index >= 15 is 0 Å². The van der Waals surface area contributed by atoms with Crippen LogP contribution in [0.5, 0.6) is 0 Å². The predicted molar refractivity (Wildman–Crippen MR) is 78.6 cm³/mol. The van der Waals surface area contributed by atoms with Crippen molar-refractivity contribution < 1.29 is 9.53 Å². The zero-order valence-electron chi connectivity index (χ0n) is 12.1. The molecule has 0 unspecified atom stereocenters. The van der Waals surface area contributed by atoms with Crippen LogP contribution in [0.2, 0.25) is 0 Å². The van der Waals surface area contributed by atoms with Gasteiger partial charge < -0.3 is 20.7 Å². The maximum atomic E-state index is 11.6. The average Bonchev–Trinajstić information content (AvgIpc) is 2.43. The van der Waals surface area contributed by atoms with Crippen LogP contribution < -0.4 is 11.1 Å². The molecule has 0 spiro atoms. The number of hydrogen-bond acceptors (Lipinski definition) is 5. The molecule has 0 saturated carbocycles. The van der Waals surface area contributed by atoms with E-state index in [2.05, 4.69) is 10.3 Å². The van der Waals surface area contributed by atoms with Gasteiger partial charge in [-0.1, -0.05) is 0 Å². The van der Waals surface area contributed by atoms with Crippen molar-refractivity contribution in [3.05, 3.63) is 17.8 Å². The van der Waals surface area contributed by atoms with Crippen molar-refractivity contribution in [3.8, 4) is 0 Å². The molecular weight excluding hydrogens is 256 g/mol. The summed E-state index contributed by atoms with van der Waals surface area (Å²) < 4.78 is 5.01. The minimum atomic E-state index is -0.215. The first-order valence-electron chi connectivity index (χ1n) is 7.00. The predicted octanol–water partition coefficient (Wildman–Crippen LogP) is 2.01. The number of likely N-dealkylation sites (tertiary alicyclic amines) is 1. The molecule has 0 bridgehead atoms. The fraction of sp³-hybridized carbons (Fsp3) is 0.571. The third-order valence-corrected chi connectivity index (χ3v) is 3.46. The third-order valence-electron chi connectivity index (χ3n) is 3.46. The first-order chi connectivity index (χ1) is 9.60. The zero-order valence-corrected chi connectivity index (χ0v) is 12.1. The number of carbonyl (C=O) groups is 1. The van der Waals surface area contributed by atoms with Crippen LogP contribution in [0.15, 0.2) is 12.3 Å². The van der Waals surface area contributed by atoms with Crippen molar-refractivity contribution in [2.75, 3.05) is 30.7 Å². The number of rotatable bonds is 3. The van der Waals surface area contributed by atoms with Crippen LogP contribution in [-0.4, -0.2) is 41.7 Å². The Morgan fingerprint density at radius 2 is 2.25 bits per heavy atom. The van der Waals surface area contributed by atoms with E-state index in [1.165, 1.54) is 0 Å². The lowest BCUT2D eigenvalue weighted by molar-refractivity contribution is 0.0983. The van der Waals surface area contributed by atoms with Crippen LogP contribution in [0.1, 0.15) is 25.3 Å². The second-order valence-electron chi connectivity index (χ2n) is 5.04. The number of ether oxygens (including phenoxy) is 1. The number of aryl methyl sites for hydroxylation is 1. The Morgan fingerprint density at radius 1 is 1.55 bits per heavy atom. The molecule has 0 aromatic carbocycles. The number of nitrogens with zero attached hydrogens (tertiary/aromatic N) is 2. The van der Waals surface area contributed by atoms with E-state index in [1.807, 2.05) is 19.9 Å². The van der Waals surface area contributed by atoms with Gasteiger partial charge in [0.05, 0.1) is 18.5 Å². The molecule has 6 nitrogen and oxygen atoms in total. The van der Waals surface area contributed by atoms with E-state index in [0.717, 1.165) is 24.2 Å². The number of carbonyl (C=O) groups excluding carboxylic acids is 1. The smallest absolute Gasteiger partial charge is 0.409 e. The summed E-state index contributed by atoms with van der Waals surface area (Å²) in [6, 6.07) is 2.23. The van der Waals surface area contributed by atoms with Gasteiger partial charge in [0, 0.05) is 19.1 Å². The summed E-state index contributed by atoms with van der Waals surface area (Å²) in [6.07, 6.45) is 3.23. The average molecular weight is 278 g/mol. The van der Waals surface area contributed by atoms with Crippen molar-refractivity contribution in [2.24, 2.45) is 0 Å². The Kier molecular flexibility index (Phi) is 4.65. The number of hydrogen-bond donors (Lipinski definition) is 2. The first-order valence-corrected chi connectivity index (χ1v) is 7.00. The number of nitrogen functional groups attached to an aromatic ring is 1. The van der Waals surface area contributed by atoms with Gasteiger partial charge in [-0.2, -0.15) is 0 Å². The number of nitrogens with two attached hydrogens (primary N) is 1. The van der Waals surface area contributed by atoms with Crippen molar-refractivity contribution in [1.29, 1.82) is 0 Å². The van der Waals surface area contributed by atoms with Crippen LogP contribution >= 0.6 is 0 Å². The number of anilines is 2. The van der Waals surface area contributed by atoms with Gasteiger partial charge in [0.1, 0.15) is 5.82 Å². The normalized spacial score (nSPS) is 16.0.